The van der Waals surface area contributed by atoms with Gasteiger partial charge < -0.3 is 5.32 Å². The standard InChI is InChI=1S/C17H17N3O2S/c1-11(19-20-17(22)15-3-2-10-23-15)12-6-8-14(9-7-12)18-16(21)13-4-5-13/h2-3,6-10,13H,4-5H2,1H3,(H,18,21)(H,20,22). The Morgan fingerprint density at radius 3 is 2.52 bits per heavy atom. The molecule has 118 valence electrons. The lowest BCUT2D eigenvalue weighted by Gasteiger charge is -2.06. The third-order valence-electron chi connectivity index (χ3n) is 3.59. The first-order valence-corrected chi connectivity index (χ1v) is 8.31. The maximum atomic E-state index is 11.8. The molecule has 1 aliphatic rings. The molecule has 0 bridgehead atoms. The normalized spacial score (nSPS) is 14.4. The van der Waals surface area contributed by atoms with E-state index in [1.54, 1.807) is 6.07 Å². The molecule has 2 N–H and O–H groups in total. The summed E-state index contributed by atoms with van der Waals surface area (Å²) in [5, 5.41) is 8.85. The fourth-order valence-electron chi connectivity index (χ4n) is 2.05. The van der Waals surface area contributed by atoms with E-state index in [1.165, 1.54) is 11.3 Å². The summed E-state index contributed by atoms with van der Waals surface area (Å²) in [5.41, 5.74) is 4.92. The Bertz CT molecular complexity index is 732. The lowest BCUT2D eigenvalue weighted by Crippen LogP contribution is -2.18. The largest absolute Gasteiger partial charge is 0.326 e. The van der Waals surface area contributed by atoms with Crippen LogP contribution in [0.1, 0.15) is 35.0 Å². The van der Waals surface area contributed by atoms with Gasteiger partial charge in [0, 0.05) is 11.6 Å². The van der Waals surface area contributed by atoms with E-state index in [0.717, 1.165) is 24.1 Å². The van der Waals surface area contributed by atoms with E-state index in [1.807, 2.05) is 42.6 Å². The molecular formula is C17H17N3O2S. The van der Waals surface area contributed by atoms with E-state index >= 15 is 0 Å². The molecule has 5 nitrogen and oxygen atoms in total. The van der Waals surface area contributed by atoms with E-state index in [9.17, 15) is 9.59 Å². The molecule has 3 rings (SSSR count). The molecule has 0 spiro atoms. The van der Waals surface area contributed by atoms with Crippen LogP contribution in [0.4, 0.5) is 5.69 Å². The highest BCUT2D eigenvalue weighted by atomic mass is 32.1. The summed E-state index contributed by atoms with van der Waals surface area (Å²) < 4.78 is 0. The van der Waals surface area contributed by atoms with E-state index in [-0.39, 0.29) is 17.7 Å². The van der Waals surface area contributed by atoms with Gasteiger partial charge in [-0.05, 0) is 48.9 Å². The summed E-state index contributed by atoms with van der Waals surface area (Å²) in [5.74, 6) is 0.0597. The highest BCUT2D eigenvalue weighted by molar-refractivity contribution is 7.12. The Balaban J connectivity index is 1.60. The third-order valence-corrected chi connectivity index (χ3v) is 4.46. The molecule has 0 atom stereocenters. The van der Waals surface area contributed by atoms with Crippen LogP contribution in [-0.2, 0) is 4.79 Å². The molecule has 1 aromatic heterocycles. The van der Waals surface area contributed by atoms with Crippen molar-refractivity contribution in [2.45, 2.75) is 19.8 Å². The Morgan fingerprint density at radius 1 is 1.17 bits per heavy atom. The number of hydrogen-bond acceptors (Lipinski definition) is 4. The van der Waals surface area contributed by atoms with Gasteiger partial charge in [0.05, 0.1) is 10.6 Å². The monoisotopic (exact) mass is 327 g/mol. The number of thiophene rings is 1. The van der Waals surface area contributed by atoms with Crippen molar-refractivity contribution in [3.8, 4) is 0 Å². The van der Waals surface area contributed by atoms with Crippen molar-refractivity contribution in [1.82, 2.24) is 5.43 Å². The van der Waals surface area contributed by atoms with E-state index < -0.39 is 0 Å². The summed E-state index contributed by atoms with van der Waals surface area (Å²) in [6, 6.07) is 11.0. The van der Waals surface area contributed by atoms with Crippen molar-refractivity contribution in [3.05, 3.63) is 52.2 Å². The summed E-state index contributed by atoms with van der Waals surface area (Å²) in [6.45, 7) is 1.83. The second-order valence-electron chi connectivity index (χ2n) is 5.46. The van der Waals surface area contributed by atoms with Crippen LogP contribution in [0.15, 0.2) is 46.9 Å². The minimum atomic E-state index is -0.215. The minimum absolute atomic E-state index is 0.0892. The molecule has 1 aromatic carbocycles. The van der Waals surface area contributed by atoms with Crippen LogP contribution < -0.4 is 10.7 Å². The molecule has 6 heteroatoms. The SMILES string of the molecule is CC(=NNC(=O)c1cccs1)c1ccc(NC(=O)C2CC2)cc1. The first kappa shape index (κ1) is 15.4. The van der Waals surface area contributed by atoms with Gasteiger partial charge in [0.25, 0.3) is 5.91 Å². The molecular weight excluding hydrogens is 310 g/mol. The van der Waals surface area contributed by atoms with Crippen LogP contribution in [-0.4, -0.2) is 17.5 Å². The number of nitrogens with zero attached hydrogens (tertiary/aromatic N) is 1. The zero-order valence-corrected chi connectivity index (χ0v) is 13.5. The van der Waals surface area contributed by atoms with E-state index in [4.69, 9.17) is 0 Å². The van der Waals surface area contributed by atoms with Crippen molar-refractivity contribution >= 4 is 34.6 Å². The number of hydrogen-bond donors (Lipinski definition) is 2. The summed E-state index contributed by atoms with van der Waals surface area (Å²) in [6.07, 6.45) is 1.97. The van der Waals surface area contributed by atoms with E-state index in [0.29, 0.717) is 10.6 Å². The predicted molar refractivity (Wildman–Crippen MR) is 91.8 cm³/mol. The van der Waals surface area contributed by atoms with Gasteiger partial charge in [-0.2, -0.15) is 5.10 Å². The number of anilines is 1. The third kappa shape index (κ3) is 4.04. The Labute approximate surface area is 138 Å². The van der Waals surface area contributed by atoms with Crippen molar-refractivity contribution in [2.24, 2.45) is 11.0 Å². The van der Waals surface area contributed by atoms with Gasteiger partial charge in [0.2, 0.25) is 5.91 Å². The zero-order valence-electron chi connectivity index (χ0n) is 12.7. The topological polar surface area (TPSA) is 70.6 Å². The highest BCUT2D eigenvalue weighted by Gasteiger charge is 2.29. The van der Waals surface area contributed by atoms with Gasteiger partial charge in [-0.3, -0.25) is 9.59 Å². The average Bonchev–Trinajstić information content (AvgIpc) is 3.28. The molecule has 1 heterocycles. The van der Waals surface area contributed by atoms with Gasteiger partial charge in [-0.1, -0.05) is 18.2 Å². The van der Waals surface area contributed by atoms with Crippen LogP contribution in [0.5, 0.6) is 0 Å². The van der Waals surface area contributed by atoms with Crippen molar-refractivity contribution in [1.29, 1.82) is 0 Å². The molecule has 0 aliphatic heterocycles. The zero-order chi connectivity index (χ0) is 16.2. The summed E-state index contributed by atoms with van der Waals surface area (Å²) in [7, 11) is 0. The molecule has 2 aromatic rings. The molecule has 1 fully saturated rings. The lowest BCUT2D eigenvalue weighted by molar-refractivity contribution is -0.117. The highest BCUT2D eigenvalue weighted by Crippen LogP contribution is 2.30. The summed E-state index contributed by atoms with van der Waals surface area (Å²) >= 11 is 1.37. The second kappa shape index (κ2) is 6.75. The van der Waals surface area contributed by atoms with Crippen LogP contribution in [0.25, 0.3) is 0 Å². The summed E-state index contributed by atoms with van der Waals surface area (Å²) in [4.78, 5) is 24.2. The van der Waals surface area contributed by atoms with Crippen molar-refractivity contribution < 1.29 is 9.59 Å². The maximum Gasteiger partial charge on any atom is 0.281 e. The first-order valence-electron chi connectivity index (χ1n) is 7.43. The van der Waals surface area contributed by atoms with Crippen LogP contribution >= 0.6 is 11.3 Å². The number of carbonyl (C=O) groups excluding carboxylic acids is 2. The lowest BCUT2D eigenvalue weighted by atomic mass is 10.1. The van der Waals surface area contributed by atoms with Crippen molar-refractivity contribution in [2.75, 3.05) is 5.32 Å². The fourth-order valence-corrected chi connectivity index (χ4v) is 2.66. The number of carbonyl (C=O) groups is 2. The minimum Gasteiger partial charge on any atom is -0.326 e. The molecule has 2 amide bonds. The molecule has 0 unspecified atom stereocenters. The Morgan fingerprint density at radius 2 is 1.91 bits per heavy atom. The number of amides is 2. The van der Waals surface area contributed by atoms with Crippen LogP contribution in [0.2, 0.25) is 0 Å². The smallest absolute Gasteiger partial charge is 0.281 e. The fraction of sp³-hybridized carbons (Fsp3) is 0.235. The molecule has 1 aliphatic carbocycles. The number of benzene rings is 1. The number of rotatable bonds is 5. The molecule has 0 saturated heterocycles. The Hall–Kier alpha value is -2.47. The molecule has 1 saturated carbocycles. The molecule has 23 heavy (non-hydrogen) atoms. The van der Waals surface area contributed by atoms with Gasteiger partial charge in [0.1, 0.15) is 0 Å². The van der Waals surface area contributed by atoms with Crippen LogP contribution in [0.3, 0.4) is 0 Å². The number of nitrogens with one attached hydrogen (secondary N) is 2. The quantitative estimate of drug-likeness (QED) is 0.654. The molecule has 0 radical (unpaired) electrons. The Kier molecular flexibility index (Phi) is 4.52. The first-order chi connectivity index (χ1) is 11.1. The average molecular weight is 327 g/mol. The number of hydrazone groups is 1. The van der Waals surface area contributed by atoms with Gasteiger partial charge >= 0.3 is 0 Å². The van der Waals surface area contributed by atoms with Crippen molar-refractivity contribution in [3.63, 3.8) is 0 Å². The maximum absolute atomic E-state index is 11.8. The van der Waals surface area contributed by atoms with Gasteiger partial charge in [-0.25, -0.2) is 5.43 Å². The van der Waals surface area contributed by atoms with Gasteiger partial charge in [0.15, 0.2) is 0 Å². The van der Waals surface area contributed by atoms with Crippen LogP contribution in [0, 0.1) is 5.92 Å². The van der Waals surface area contributed by atoms with E-state index in [2.05, 4.69) is 15.8 Å². The van der Waals surface area contributed by atoms with Gasteiger partial charge in [-0.15, -0.1) is 11.3 Å². The predicted octanol–water partition coefficient (Wildman–Crippen LogP) is 3.25. The second-order valence-corrected chi connectivity index (χ2v) is 6.40.